The minimum Gasteiger partial charge on any atom is -0.497 e. The lowest BCUT2D eigenvalue weighted by Gasteiger charge is -2.09. The van der Waals surface area contributed by atoms with Crippen molar-refractivity contribution in [3.8, 4) is 27.4 Å². The molecule has 0 spiro atoms. The molecule has 3 heterocycles. The Morgan fingerprint density at radius 1 is 1.21 bits per heavy atom. The summed E-state index contributed by atoms with van der Waals surface area (Å²) in [5.74, 6) is 0.617. The number of hydrogen-bond donors (Lipinski definition) is 2. The third kappa shape index (κ3) is 3.71. The monoisotopic (exact) mass is 423 g/mol. The lowest BCUT2D eigenvalue weighted by atomic mass is 10.0. The lowest BCUT2D eigenvalue weighted by molar-refractivity contribution is 0.0948. The Kier molecular flexibility index (Phi) is 5.25. The number of nitrogens with zero attached hydrogens (tertiary/aromatic N) is 1. The highest BCUT2D eigenvalue weighted by atomic mass is 32.1. The van der Waals surface area contributed by atoms with Gasteiger partial charge in [0.15, 0.2) is 0 Å². The Morgan fingerprint density at radius 2 is 1.97 bits per heavy atom. The second-order valence-electron chi connectivity index (χ2n) is 6.91. The van der Waals surface area contributed by atoms with Crippen LogP contribution in [0.5, 0.6) is 5.75 Å². The van der Waals surface area contributed by atoms with Crippen LogP contribution in [0.4, 0.5) is 5.69 Å². The first-order valence-corrected chi connectivity index (χ1v) is 10.9. The van der Waals surface area contributed by atoms with Crippen molar-refractivity contribution < 1.29 is 9.53 Å². The SMILES string of the molecule is COc1ccc(-c2cc(-c3cccs3)nc3sc(C(=O)NC(C)C)c(N)c23)cc1. The Bertz CT molecular complexity index is 1160. The number of nitrogens with one attached hydrogen (secondary N) is 1. The number of benzene rings is 1. The molecule has 0 aliphatic carbocycles. The molecule has 0 saturated carbocycles. The number of anilines is 1. The van der Waals surface area contributed by atoms with Gasteiger partial charge in [-0.15, -0.1) is 22.7 Å². The van der Waals surface area contributed by atoms with Crippen LogP contribution < -0.4 is 15.8 Å². The summed E-state index contributed by atoms with van der Waals surface area (Å²) in [4.78, 5) is 19.8. The fourth-order valence-electron chi connectivity index (χ4n) is 3.17. The third-order valence-electron chi connectivity index (χ3n) is 4.50. The molecule has 0 bridgehead atoms. The molecule has 29 heavy (non-hydrogen) atoms. The van der Waals surface area contributed by atoms with Crippen LogP contribution in [0.2, 0.25) is 0 Å². The van der Waals surface area contributed by atoms with Crippen LogP contribution in [0.25, 0.3) is 31.9 Å². The maximum absolute atomic E-state index is 12.7. The number of amides is 1. The topological polar surface area (TPSA) is 77.2 Å². The number of ether oxygens (including phenoxy) is 1. The van der Waals surface area contributed by atoms with E-state index in [2.05, 4.69) is 5.32 Å². The van der Waals surface area contributed by atoms with Crippen molar-refractivity contribution in [3.05, 3.63) is 52.7 Å². The maximum Gasteiger partial charge on any atom is 0.263 e. The van der Waals surface area contributed by atoms with Gasteiger partial charge in [-0.1, -0.05) is 18.2 Å². The number of carbonyl (C=O) groups excluding carboxylic acids is 1. The molecule has 0 atom stereocenters. The van der Waals surface area contributed by atoms with E-state index in [-0.39, 0.29) is 11.9 Å². The molecule has 0 aliphatic heterocycles. The maximum atomic E-state index is 12.7. The molecule has 148 valence electrons. The smallest absolute Gasteiger partial charge is 0.263 e. The van der Waals surface area contributed by atoms with Crippen LogP contribution in [0.1, 0.15) is 23.5 Å². The molecular weight excluding hydrogens is 402 g/mol. The van der Waals surface area contributed by atoms with Crippen LogP contribution in [-0.2, 0) is 0 Å². The molecule has 3 aromatic heterocycles. The number of rotatable bonds is 5. The highest BCUT2D eigenvalue weighted by Crippen LogP contribution is 2.42. The van der Waals surface area contributed by atoms with Gasteiger partial charge in [0.1, 0.15) is 15.5 Å². The van der Waals surface area contributed by atoms with E-state index in [9.17, 15) is 4.79 Å². The van der Waals surface area contributed by atoms with Gasteiger partial charge < -0.3 is 15.8 Å². The fourth-order valence-corrected chi connectivity index (χ4v) is 4.88. The molecule has 7 heteroatoms. The average molecular weight is 424 g/mol. The van der Waals surface area contributed by atoms with Crippen LogP contribution in [-0.4, -0.2) is 24.0 Å². The van der Waals surface area contributed by atoms with Crippen LogP contribution in [0.15, 0.2) is 47.8 Å². The number of methoxy groups -OCH3 is 1. The van der Waals surface area contributed by atoms with Gasteiger partial charge >= 0.3 is 0 Å². The van der Waals surface area contributed by atoms with E-state index in [0.29, 0.717) is 10.6 Å². The Morgan fingerprint density at radius 3 is 2.59 bits per heavy atom. The Balaban J connectivity index is 1.95. The summed E-state index contributed by atoms with van der Waals surface area (Å²) in [6.45, 7) is 3.86. The first kappa shape index (κ1) is 19.4. The van der Waals surface area contributed by atoms with Crippen LogP contribution in [0, 0.1) is 0 Å². The van der Waals surface area contributed by atoms with Crippen molar-refractivity contribution in [2.24, 2.45) is 0 Å². The molecule has 0 saturated heterocycles. The molecule has 4 rings (SSSR count). The quantitative estimate of drug-likeness (QED) is 0.449. The second kappa shape index (κ2) is 7.85. The minimum atomic E-state index is -0.168. The number of hydrogen-bond acceptors (Lipinski definition) is 6. The van der Waals surface area contributed by atoms with Crippen molar-refractivity contribution in [3.63, 3.8) is 0 Å². The van der Waals surface area contributed by atoms with Crippen molar-refractivity contribution in [1.82, 2.24) is 10.3 Å². The number of nitrogen functional groups attached to an aromatic ring is 1. The number of fused-ring (bicyclic) bond motifs is 1. The summed E-state index contributed by atoms with van der Waals surface area (Å²) >= 11 is 2.97. The van der Waals surface area contributed by atoms with Gasteiger partial charge in [-0.25, -0.2) is 4.98 Å². The van der Waals surface area contributed by atoms with Gasteiger partial charge in [0.2, 0.25) is 0 Å². The number of aromatic nitrogens is 1. The van der Waals surface area contributed by atoms with E-state index in [1.807, 2.05) is 61.7 Å². The van der Waals surface area contributed by atoms with E-state index in [0.717, 1.165) is 37.7 Å². The molecule has 3 N–H and O–H groups in total. The van der Waals surface area contributed by atoms with Gasteiger partial charge in [-0.3, -0.25) is 4.79 Å². The number of thiophene rings is 2. The van der Waals surface area contributed by atoms with Crippen LogP contribution >= 0.6 is 22.7 Å². The molecule has 1 aromatic carbocycles. The van der Waals surface area contributed by atoms with Crippen molar-refractivity contribution in [2.45, 2.75) is 19.9 Å². The van der Waals surface area contributed by atoms with Crippen molar-refractivity contribution >= 4 is 44.5 Å². The fraction of sp³-hybridized carbons (Fsp3) is 0.182. The highest BCUT2D eigenvalue weighted by molar-refractivity contribution is 7.21. The molecule has 0 aliphatic rings. The van der Waals surface area contributed by atoms with E-state index in [1.54, 1.807) is 18.4 Å². The third-order valence-corrected chi connectivity index (χ3v) is 6.49. The predicted octanol–water partition coefficient (Wildman–Crippen LogP) is 5.42. The zero-order valence-corrected chi connectivity index (χ0v) is 18.0. The highest BCUT2D eigenvalue weighted by Gasteiger charge is 2.22. The van der Waals surface area contributed by atoms with E-state index < -0.39 is 0 Å². The number of carbonyl (C=O) groups is 1. The molecule has 1 amide bonds. The lowest BCUT2D eigenvalue weighted by Crippen LogP contribution is -2.29. The van der Waals surface area contributed by atoms with E-state index in [1.165, 1.54) is 11.3 Å². The van der Waals surface area contributed by atoms with Gasteiger partial charge in [0, 0.05) is 11.4 Å². The number of pyridine rings is 1. The molecule has 0 fully saturated rings. The zero-order chi connectivity index (χ0) is 20.5. The molecular formula is C22H21N3O2S2. The molecule has 4 aromatic rings. The summed E-state index contributed by atoms with van der Waals surface area (Å²) in [6, 6.07) is 13.9. The Hall–Kier alpha value is -2.90. The van der Waals surface area contributed by atoms with Crippen molar-refractivity contribution in [1.29, 1.82) is 0 Å². The molecule has 5 nitrogen and oxygen atoms in total. The number of nitrogens with two attached hydrogens (primary N) is 1. The Labute approximate surface area is 177 Å². The summed E-state index contributed by atoms with van der Waals surface area (Å²) in [6.07, 6.45) is 0. The first-order valence-electron chi connectivity index (χ1n) is 9.20. The van der Waals surface area contributed by atoms with Gasteiger partial charge in [-0.05, 0) is 54.6 Å². The average Bonchev–Trinajstić information content (AvgIpc) is 3.35. The van der Waals surface area contributed by atoms with Gasteiger partial charge in [0.25, 0.3) is 5.91 Å². The van der Waals surface area contributed by atoms with Crippen LogP contribution in [0.3, 0.4) is 0 Å². The predicted molar refractivity (Wildman–Crippen MR) is 122 cm³/mol. The molecule has 0 radical (unpaired) electrons. The second-order valence-corrected chi connectivity index (χ2v) is 8.86. The van der Waals surface area contributed by atoms with E-state index >= 15 is 0 Å². The largest absolute Gasteiger partial charge is 0.497 e. The summed E-state index contributed by atoms with van der Waals surface area (Å²) in [7, 11) is 1.64. The minimum absolute atomic E-state index is 0.0304. The van der Waals surface area contributed by atoms with Gasteiger partial charge in [-0.2, -0.15) is 0 Å². The summed E-state index contributed by atoms with van der Waals surface area (Å²) in [5, 5.41) is 5.77. The normalized spacial score (nSPS) is 11.2. The standard InChI is InChI=1S/C22H21N3O2S2/c1-12(2)24-21(26)20-19(23)18-15(13-6-8-14(27-3)9-7-13)11-16(25-22(18)29-20)17-5-4-10-28-17/h4-12H,23H2,1-3H3,(H,24,26). The van der Waals surface area contributed by atoms with Gasteiger partial charge in [0.05, 0.1) is 23.4 Å². The zero-order valence-electron chi connectivity index (χ0n) is 16.4. The summed E-state index contributed by atoms with van der Waals surface area (Å²) < 4.78 is 5.29. The van der Waals surface area contributed by atoms with E-state index in [4.69, 9.17) is 15.5 Å². The van der Waals surface area contributed by atoms with Crippen molar-refractivity contribution in [2.75, 3.05) is 12.8 Å². The summed E-state index contributed by atoms with van der Waals surface area (Å²) in [5.41, 5.74) is 9.76. The first-order chi connectivity index (χ1) is 14.0. The molecule has 0 unspecified atom stereocenters.